The monoisotopic (exact) mass is 393 g/mol. The van der Waals surface area contributed by atoms with E-state index in [1.165, 1.54) is 12.8 Å². The zero-order chi connectivity index (χ0) is 19.6. The smallest absolute Gasteiger partial charge is 0.261 e. The molecule has 1 aromatic carbocycles. The number of anilines is 1. The fourth-order valence-corrected chi connectivity index (χ4v) is 4.59. The maximum atomic E-state index is 12.9. The highest BCUT2D eigenvalue weighted by Gasteiger charge is 2.20. The van der Waals surface area contributed by atoms with Crippen LogP contribution in [0.2, 0.25) is 0 Å². The molecule has 1 aliphatic heterocycles. The molecule has 2 aromatic heterocycles. The van der Waals surface area contributed by atoms with Gasteiger partial charge in [-0.2, -0.15) is 0 Å². The number of nitrogens with zero attached hydrogens (tertiary/aromatic N) is 7. The number of rotatable bonds is 5. The molecular formula is C21H27N7O. The van der Waals surface area contributed by atoms with Gasteiger partial charge in [-0.1, -0.05) is 18.1 Å². The second kappa shape index (κ2) is 7.94. The topological polar surface area (TPSA) is 72.1 Å². The Morgan fingerprint density at radius 3 is 2.62 bits per heavy atom. The van der Waals surface area contributed by atoms with E-state index in [-0.39, 0.29) is 5.56 Å². The van der Waals surface area contributed by atoms with Gasteiger partial charge in [0.15, 0.2) is 0 Å². The van der Waals surface area contributed by atoms with Gasteiger partial charge < -0.3 is 4.90 Å². The minimum Gasteiger partial charge on any atom is -0.369 e. The molecule has 0 N–H and O–H groups in total. The molecule has 5 rings (SSSR count). The number of fused-ring (bicyclic) bond motifs is 1. The highest BCUT2D eigenvalue weighted by atomic mass is 16.1. The summed E-state index contributed by atoms with van der Waals surface area (Å²) in [7, 11) is 0. The summed E-state index contributed by atoms with van der Waals surface area (Å²) >= 11 is 0. The molecule has 1 saturated heterocycles. The van der Waals surface area contributed by atoms with E-state index in [1.54, 1.807) is 12.5 Å². The zero-order valence-corrected chi connectivity index (χ0v) is 16.7. The molecule has 3 heterocycles. The average Bonchev–Trinajstić information content (AvgIpc) is 3.47. The van der Waals surface area contributed by atoms with Gasteiger partial charge in [0.25, 0.3) is 5.56 Å². The summed E-state index contributed by atoms with van der Waals surface area (Å²) in [4.78, 5) is 22.4. The van der Waals surface area contributed by atoms with Crippen molar-refractivity contribution in [2.24, 2.45) is 0 Å². The van der Waals surface area contributed by atoms with Crippen molar-refractivity contribution in [2.45, 2.75) is 38.3 Å². The third-order valence-corrected chi connectivity index (χ3v) is 6.34. The highest BCUT2D eigenvalue weighted by molar-refractivity contribution is 5.81. The zero-order valence-electron chi connectivity index (χ0n) is 16.7. The van der Waals surface area contributed by atoms with E-state index < -0.39 is 0 Å². The summed E-state index contributed by atoms with van der Waals surface area (Å²) in [6.07, 6.45) is 9.97. The Balaban J connectivity index is 1.26. The molecule has 1 saturated carbocycles. The standard InChI is InChI=1S/C21H27N7O/c29-21-19-6-5-18(15-20(19)22-16-28(21)17-3-1-2-4-17)26-12-9-25(10-13-26)11-14-27-8-7-23-24-27/h5-8,15-17H,1-4,9-14H2. The first kappa shape index (κ1) is 18.3. The van der Waals surface area contributed by atoms with Crippen LogP contribution in [0.1, 0.15) is 31.7 Å². The van der Waals surface area contributed by atoms with E-state index in [1.807, 2.05) is 21.5 Å². The molecule has 0 spiro atoms. The van der Waals surface area contributed by atoms with Crippen molar-refractivity contribution in [1.82, 2.24) is 29.4 Å². The van der Waals surface area contributed by atoms with Crippen LogP contribution in [-0.2, 0) is 6.54 Å². The Morgan fingerprint density at radius 1 is 1.03 bits per heavy atom. The van der Waals surface area contributed by atoms with E-state index in [0.29, 0.717) is 6.04 Å². The molecule has 2 aliphatic rings. The van der Waals surface area contributed by atoms with Crippen LogP contribution in [0.5, 0.6) is 0 Å². The summed E-state index contributed by atoms with van der Waals surface area (Å²) in [5, 5.41) is 8.61. The Bertz CT molecular complexity index is 1020. The molecule has 8 nitrogen and oxygen atoms in total. The molecular weight excluding hydrogens is 366 g/mol. The molecule has 2 fully saturated rings. The second-order valence-corrected chi connectivity index (χ2v) is 8.09. The maximum Gasteiger partial charge on any atom is 0.261 e. The summed E-state index contributed by atoms with van der Waals surface area (Å²) < 4.78 is 3.72. The van der Waals surface area contributed by atoms with E-state index in [9.17, 15) is 4.79 Å². The summed E-state index contributed by atoms with van der Waals surface area (Å²) in [6.45, 7) is 5.83. The quantitative estimate of drug-likeness (QED) is 0.660. The normalized spacial score (nSPS) is 18.7. The van der Waals surface area contributed by atoms with Gasteiger partial charge in [-0.3, -0.25) is 18.9 Å². The minimum absolute atomic E-state index is 0.103. The van der Waals surface area contributed by atoms with Crippen molar-refractivity contribution >= 4 is 16.6 Å². The average molecular weight is 393 g/mol. The number of aromatic nitrogens is 5. The van der Waals surface area contributed by atoms with Gasteiger partial charge in [-0.25, -0.2) is 4.98 Å². The van der Waals surface area contributed by atoms with E-state index in [4.69, 9.17) is 0 Å². The fourth-order valence-electron chi connectivity index (χ4n) is 4.59. The number of hydrogen-bond acceptors (Lipinski definition) is 6. The first-order valence-electron chi connectivity index (χ1n) is 10.6. The van der Waals surface area contributed by atoms with Crippen LogP contribution in [-0.4, -0.2) is 62.2 Å². The van der Waals surface area contributed by atoms with Gasteiger partial charge in [0, 0.05) is 50.6 Å². The third kappa shape index (κ3) is 3.76. The Morgan fingerprint density at radius 2 is 1.86 bits per heavy atom. The third-order valence-electron chi connectivity index (χ3n) is 6.34. The fraction of sp³-hybridized carbons (Fsp3) is 0.524. The van der Waals surface area contributed by atoms with Crippen molar-refractivity contribution in [3.05, 3.63) is 47.3 Å². The molecule has 152 valence electrons. The van der Waals surface area contributed by atoms with Gasteiger partial charge in [-0.05, 0) is 31.0 Å². The lowest BCUT2D eigenvalue weighted by Gasteiger charge is -2.36. The molecule has 0 atom stereocenters. The summed E-state index contributed by atoms with van der Waals surface area (Å²) in [6, 6.07) is 6.43. The Hall–Kier alpha value is -2.74. The molecule has 8 heteroatoms. The van der Waals surface area contributed by atoms with Crippen LogP contribution >= 0.6 is 0 Å². The van der Waals surface area contributed by atoms with Crippen molar-refractivity contribution in [1.29, 1.82) is 0 Å². The molecule has 0 amide bonds. The van der Waals surface area contributed by atoms with E-state index in [2.05, 4.69) is 37.2 Å². The van der Waals surface area contributed by atoms with Gasteiger partial charge in [0.2, 0.25) is 0 Å². The first-order chi connectivity index (χ1) is 14.3. The van der Waals surface area contributed by atoms with Gasteiger partial charge >= 0.3 is 0 Å². The highest BCUT2D eigenvalue weighted by Crippen LogP contribution is 2.28. The van der Waals surface area contributed by atoms with Crippen LogP contribution in [0.25, 0.3) is 10.9 Å². The summed E-state index contributed by atoms with van der Waals surface area (Å²) in [5.74, 6) is 0. The van der Waals surface area contributed by atoms with Crippen LogP contribution in [0.4, 0.5) is 5.69 Å². The number of piperazine rings is 1. The minimum atomic E-state index is 0.103. The Kier molecular flexibility index (Phi) is 5.01. The van der Waals surface area contributed by atoms with Gasteiger partial charge in [-0.15, -0.1) is 5.10 Å². The van der Waals surface area contributed by atoms with Crippen molar-refractivity contribution in [3.63, 3.8) is 0 Å². The number of benzene rings is 1. The van der Waals surface area contributed by atoms with E-state index >= 15 is 0 Å². The number of hydrogen-bond donors (Lipinski definition) is 0. The van der Waals surface area contributed by atoms with E-state index in [0.717, 1.165) is 68.7 Å². The molecule has 1 aliphatic carbocycles. The van der Waals surface area contributed by atoms with Crippen molar-refractivity contribution < 1.29 is 0 Å². The predicted molar refractivity (Wildman–Crippen MR) is 112 cm³/mol. The summed E-state index contributed by atoms with van der Waals surface area (Å²) in [5.41, 5.74) is 2.06. The van der Waals surface area contributed by atoms with Crippen LogP contribution in [0.15, 0.2) is 41.7 Å². The maximum absolute atomic E-state index is 12.9. The van der Waals surface area contributed by atoms with Crippen molar-refractivity contribution in [2.75, 3.05) is 37.6 Å². The van der Waals surface area contributed by atoms with Crippen molar-refractivity contribution in [3.8, 4) is 0 Å². The van der Waals surface area contributed by atoms with Gasteiger partial charge in [0.1, 0.15) is 0 Å². The lowest BCUT2D eigenvalue weighted by Crippen LogP contribution is -2.47. The second-order valence-electron chi connectivity index (χ2n) is 8.09. The first-order valence-corrected chi connectivity index (χ1v) is 10.6. The lowest BCUT2D eigenvalue weighted by atomic mass is 10.1. The molecule has 0 radical (unpaired) electrons. The van der Waals surface area contributed by atoms with Crippen LogP contribution in [0.3, 0.4) is 0 Å². The van der Waals surface area contributed by atoms with Crippen LogP contribution in [0, 0.1) is 0 Å². The Labute approximate surface area is 169 Å². The predicted octanol–water partition coefficient (Wildman–Crippen LogP) is 1.93. The molecule has 0 unspecified atom stereocenters. The SMILES string of the molecule is O=c1c2ccc(N3CCN(CCn4ccnn4)CC3)cc2ncn1C1CCCC1. The van der Waals surface area contributed by atoms with Gasteiger partial charge in [0.05, 0.1) is 30.0 Å². The molecule has 3 aromatic rings. The van der Waals surface area contributed by atoms with Crippen LogP contribution < -0.4 is 10.5 Å². The largest absolute Gasteiger partial charge is 0.369 e. The molecule has 0 bridgehead atoms. The lowest BCUT2D eigenvalue weighted by molar-refractivity contribution is 0.244. The molecule has 29 heavy (non-hydrogen) atoms.